The Kier molecular flexibility index (Phi) is 23.7. The summed E-state index contributed by atoms with van der Waals surface area (Å²) in [7, 11) is 0. The molecule has 2 aliphatic rings. The van der Waals surface area contributed by atoms with Crippen LogP contribution in [-0.2, 0) is 39.0 Å². The number of rotatable bonds is 0. The second kappa shape index (κ2) is 29.0. The van der Waals surface area contributed by atoms with Gasteiger partial charge in [-0.2, -0.15) is 34.2 Å². The van der Waals surface area contributed by atoms with Gasteiger partial charge in [-0.05, 0) is 52.0 Å². The smallest absolute Gasteiger partial charge is 0.662 e. The van der Waals surface area contributed by atoms with Crippen LogP contribution in [-0.4, -0.2) is 22.8 Å². The van der Waals surface area contributed by atoms with Crippen LogP contribution in [0.5, 0.6) is 0 Å². The van der Waals surface area contributed by atoms with Gasteiger partial charge in [-0.25, -0.2) is 0 Å². The predicted octanol–water partition coefficient (Wildman–Crippen LogP) is 18.2. The maximum Gasteiger partial charge on any atom is 2.00 e. The van der Waals surface area contributed by atoms with Crippen molar-refractivity contribution in [2.75, 3.05) is 0 Å². The summed E-state index contributed by atoms with van der Waals surface area (Å²) < 4.78 is 0. The quantitative estimate of drug-likeness (QED) is 0.135. The van der Waals surface area contributed by atoms with Gasteiger partial charge in [-0.15, -0.1) is 11.4 Å². The first-order chi connectivity index (χ1) is 31.0. The van der Waals surface area contributed by atoms with Crippen molar-refractivity contribution >= 4 is 68.3 Å². The molecule has 0 spiro atoms. The van der Waals surface area contributed by atoms with Gasteiger partial charge < -0.3 is 21.3 Å². The van der Waals surface area contributed by atoms with Crippen LogP contribution in [0.25, 0.3) is 21.3 Å². The number of benzene rings is 6. The Hall–Kier alpha value is -6.59. The third-order valence-corrected chi connectivity index (χ3v) is 8.91. The second-order valence-corrected chi connectivity index (χ2v) is 14.9. The van der Waals surface area contributed by atoms with Gasteiger partial charge in [0.2, 0.25) is 0 Å². The van der Waals surface area contributed by atoms with E-state index >= 15 is 0 Å². The molecule has 0 aromatic heterocycles. The summed E-state index contributed by atoms with van der Waals surface area (Å²) in [6, 6.07) is 55.5. The van der Waals surface area contributed by atoms with Gasteiger partial charge in [0.1, 0.15) is 0 Å². The zero-order chi connectivity index (χ0) is 45.5. The van der Waals surface area contributed by atoms with Crippen LogP contribution in [0.2, 0.25) is 0 Å². The molecule has 0 aliphatic carbocycles. The van der Waals surface area contributed by atoms with Crippen LogP contribution in [0.3, 0.4) is 0 Å². The van der Waals surface area contributed by atoms with E-state index < -0.39 is 0 Å². The Morgan fingerprint density at radius 2 is 0.439 bits per heavy atom. The summed E-state index contributed by atoms with van der Waals surface area (Å²) in [4.78, 5) is 18.9. The van der Waals surface area contributed by atoms with Crippen molar-refractivity contribution in [1.82, 2.24) is 0 Å². The Morgan fingerprint density at radius 3 is 0.712 bits per heavy atom. The van der Waals surface area contributed by atoms with E-state index in [4.69, 9.17) is 41.2 Å². The van der Waals surface area contributed by atoms with Crippen LogP contribution in [0, 0.1) is 0 Å². The molecule has 2 heterocycles. The standard InChI is InChI=1S/2C22H22N4.2C6H6.2Rh/c2*1-15-13-16(2)24-21-11-7-8-12-22(21)26-18(4)14-17(3)25-20-10-6-5-9-19(20)23-15;2*1-2-4-6-5-3-1;;/h2*5-14H,1-4H3;2*1-6H;;/q2*-2;;;2*+2/b15-13-,18-14-,24-16?,25-17?;15-13-,17-14-,24-16?,26-18?;;;;. The van der Waals surface area contributed by atoms with Crippen molar-refractivity contribution < 1.29 is 39.0 Å². The molecule has 66 heavy (non-hydrogen) atoms. The molecule has 6 aromatic rings. The summed E-state index contributed by atoms with van der Waals surface area (Å²) in [5.41, 5.74) is 13.8. The molecule has 0 saturated heterocycles. The third kappa shape index (κ3) is 19.3. The molecular formula is C56H56N8Rh2. The van der Waals surface area contributed by atoms with Crippen molar-refractivity contribution in [2.24, 2.45) is 20.0 Å². The van der Waals surface area contributed by atoms with Gasteiger partial charge in [0.25, 0.3) is 0 Å². The first kappa shape index (κ1) is 53.7. The van der Waals surface area contributed by atoms with Crippen molar-refractivity contribution in [3.63, 3.8) is 0 Å². The van der Waals surface area contributed by atoms with Crippen LogP contribution < -0.4 is 0 Å². The van der Waals surface area contributed by atoms with Gasteiger partial charge >= 0.3 is 39.0 Å². The minimum atomic E-state index is 0. The molecular weight excluding hydrogens is 990 g/mol. The zero-order valence-electron chi connectivity index (χ0n) is 38.7. The first-order valence-electron chi connectivity index (χ1n) is 21.2. The van der Waals surface area contributed by atoms with Crippen LogP contribution in [0.1, 0.15) is 55.4 Å². The molecule has 8 nitrogen and oxygen atoms in total. The van der Waals surface area contributed by atoms with Crippen molar-refractivity contribution in [3.8, 4) is 0 Å². The SMILES string of the molecule is CC1=Nc2ccccc2N=C(C)/C=C(/C)[N-]c2ccccc2[N-]/C(C)=C\1.CC1=Nc2ccccc2[N-]/C(C)=C\C(C)=Nc2ccccc2[N-]/C(C)=C\1.[Rh+2].[Rh+2].c1ccccc1.c1ccccc1. The van der Waals surface area contributed by atoms with Crippen LogP contribution >= 0.6 is 0 Å². The van der Waals surface area contributed by atoms with E-state index in [-0.39, 0.29) is 39.0 Å². The maximum absolute atomic E-state index is 4.72. The molecule has 338 valence electrons. The van der Waals surface area contributed by atoms with E-state index in [0.717, 1.165) is 91.1 Å². The van der Waals surface area contributed by atoms with Crippen molar-refractivity contribution in [1.29, 1.82) is 0 Å². The Labute approximate surface area is 418 Å². The monoisotopic (exact) mass is 1050 g/mol. The molecule has 2 aliphatic heterocycles. The topological polar surface area (TPSA) is 106 Å². The third-order valence-electron chi connectivity index (χ3n) is 8.91. The molecule has 0 atom stereocenters. The fourth-order valence-electron chi connectivity index (χ4n) is 6.37. The summed E-state index contributed by atoms with van der Waals surface area (Å²) in [5.74, 6) is 0. The second-order valence-electron chi connectivity index (χ2n) is 14.9. The fraction of sp³-hybridized carbons (Fsp3) is 0.143. The molecule has 0 N–H and O–H groups in total. The summed E-state index contributed by atoms with van der Waals surface area (Å²) in [5, 5.41) is 18.9. The first-order valence-corrected chi connectivity index (χ1v) is 21.2. The Morgan fingerprint density at radius 1 is 0.242 bits per heavy atom. The summed E-state index contributed by atoms with van der Waals surface area (Å²) in [6.07, 6.45) is 7.88. The van der Waals surface area contributed by atoms with Crippen molar-refractivity contribution in [2.45, 2.75) is 55.4 Å². The molecule has 8 rings (SSSR count). The van der Waals surface area contributed by atoms with E-state index in [1.54, 1.807) is 0 Å². The normalized spacial score (nSPS) is 16.4. The predicted molar refractivity (Wildman–Crippen MR) is 277 cm³/mol. The van der Waals surface area contributed by atoms with E-state index in [1.165, 1.54) is 0 Å². The molecule has 0 unspecified atom stereocenters. The number of hydrogen-bond acceptors (Lipinski definition) is 4. The van der Waals surface area contributed by atoms with Gasteiger partial charge in [-0.1, -0.05) is 198 Å². The zero-order valence-corrected chi connectivity index (χ0v) is 42.0. The number of nitrogens with zero attached hydrogens (tertiary/aromatic N) is 8. The Balaban J connectivity index is 0.000000272. The molecule has 10 heteroatoms. The minimum absolute atomic E-state index is 0. The average Bonchev–Trinajstić information content (AvgIpc) is 3.27. The minimum Gasteiger partial charge on any atom is -0.662 e. The van der Waals surface area contributed by atoms with Gasteiger partial charge in [0, 0.05) is 34.2 Å². The maximum atomic E-state index is 4.72. The van der Waals surface area contributed by atoms with Crippen LogP contribution in [0.4, 0.5) is 45.5 Å². The molecule has 0 saturated carbocycles. The van der Waals surface area contributed by atoms with Gasteiger partial charge in [-0.3, -0.25) is 20.0 Å². The molecule has 0 fully saturated rings. The van der Waals surface area contributed by atoms with Crippen molar-refractivity contribution in [3.05, 3.63) is 238 Å². The van der Waals surface area contributed by atoms with Crippen LogP contribution in [0.15, 0.2) is 237 Å². The Bertz CT molecular complexity index is 2460. The number of fused-ring (bicyclic) bond motifs is 4. The molecule has 0 bridgehead atoms. The average molecular weight is 1050 g/mol. The largest absolute Gasteiger partial charge is 2.00 e. The number of para-hydroxylation sites is 8. The molecule has 2 radical (unpaired) electrons. The number of hydrogen-bond donors (Lipinski definition) is 0. The number of aliphatic imine (C=N–C) groups is 4. The summed E-state index contributed by atoms with van der Waals surface area (Å²) >= 11 is 0. The molecule has 0 amide bonds. The van der Waals surface area contributed by atoms with E-state index in [0.29, 0.717) is 0 Å². The van der Waals surface area contributed by atoms with E-state index in [9.17, 15) is 0 Å². The summed E-state index contributed by atoms with van der Waals surface area (Å²) in [6.45, 7) is 15.8. The fourth-order valence-corrected chi connectivity index (χ4v) is 6.37. The van der Waals surface area contributed by atoms with E-state index in [2.05, 4.69) is 0 Å². The number of allylic oxidation sites excluding steroid dienone is 8. The van der Waals surface area contributed by atoms with E-state index in [1.807, 2.05) is 250 Å². The van der Waals surface area contributed by atoms with Gasteiger partial charge in [0.05, 0.1) is 11.4 Å². The molecule has 6 aromatic carbocycles. The van der Waals surface area contributed by atoms with Gasteiger partial charge in [0.15, 0.2) is 0 Å².